The van der Waals surface area contributed by atoms with Gasteiger partial charge in [0, 0.05) is 12.6 Å². The second kappa shape index (κ2) is 15.5. The number of aromatic hydroxyl groups is 1. The molecule has 230 valence electrons. The number of phenols is 1. The zero-order valence-electron chi connectivity index (χ0n) is 24.6. The van der Waals surface area contributed by atoms with E-state index >= 15 is 0 Å². The van der Waals surface area contributed by atoms with Crippen molar-refractivity contribution >= 4 is 17.7 Å². The smallest absolute Gasteiger partial charge is 0.243 e. The van der Waals surface area contributed by atoms with Crippen LogP contribution in [0.5, 0.6) is 11.5 Å². The lowest BCUT2D eigenvalue weighted by Crippen LogP contribution is -2.59. The van der Waals surface area contributed by atoms with Gasteiger partial charge >= 0.3 is 0 Å². The largest absolute Gasteiger partial charge is 0.503 e. The minimum absolute atomic E-state index is 0.131. The monoisotopic (exact) mass is 588 g/mol. The van der Waals surface area contributed by atoms with Gasteiger partial charge < -0.3 is 25.8 Å². The van der Waals surface area contributed by atoms with Gasteiger partial charge in [0.15, 0.2) is 17.4 Å². The van der Waals surface area contributed by atoms with Crippen molar-refractivity contribution in [3.8, 4) is 11.5 Å². The number of ether oxygens (including phenoxy) is 1. The van der Waals surface area contributed by atoms with E-state index in [0.29, 0.717) is 38.0 Å². The Morgan fingerprint density at radius 3 is 2.36 bits per heavy atom. The first-order valence-electron chi connectivity index (χ1n) is 14.5. The van der Waals surface area contributed by atoms with Crippen LogP contribution in [0.1, 0.15) is 58.1 Å². The lowest BCUT2D eigenvalue weighted by atomic mass is 9.99. The lowest BCUT2D eigenvalue weighted by molar-refractivity contribution is -0.133. The molecule has 1 aliphatic rings. The summed E-state index contributed by atoms with van der Waals surface area (Å²) >= 11 is 0. The molecule has 5 N–H and O–H groups in total. The number of phenolic OH excluding ortho intramolecular Hbond substituents is 1. The summed E-state index contributed by atoms with van der Waals surface area (Å²) in [6.45, 7) is 7.87. The molecule has 2 aromatic carbocycles. The third-order valence-corrected chi connectivity index (χ3v) is 7.16. The minimum Gasteiger partial charge on any atom is -0.503 e. The summed E-state index contributed by atoms with van der Waals surface area (Å²) in [5.74, 6) is -4.39. The number of halogens is 2. The number of carbonyl (C=O) groups excluding carboxylic acids is 3. The van der Waals surface area contributed by atoms with Crippen LogP contribution < -0.4 is 26.0 Å². The molecule has 0 unspecified atom stereocenters. The first kappa shape index (κ1) is 32.8. The van der Waals surface area contributed by atoms with Gasteiger partial charge in [-0.3, -0.25) is 19.7 Å². The Kier molecular flexibility index (Phi) is 12.1. The summed E-state index contributed by atoms with van der Waals surface area (Å²) in [4.78, 5) is 39.9. The van der Waals surface area contributed by atoms with Crippen LogP contribution in [0.15, 0.2) is 36.4 Å². The first-order chi connectivity index (χ1) is 20.0. The van der Waals surface area contributed by atoms with Crippen LogP contribution >= 0.6 is 0 Å². The highest BCUT2D eigenvalue weighted by Gasteiger charge is 2.31. The number of para-hydroxylation sites is 1. The summed E-state index contributed by atoms with van der Waals surface area (Å²) in [6, 6.07) is 6.38. The molecular formula is C31H42F2N4O5. The zero-order valence-corrected chi connectivity index (χ0v) is 24.6. The van der Waals surface area contributed by atoms with Crippen molar-refractivity contribution in [1.29, 1.82) is 0 Å². The number of rotatable bonds is 5. The molecule has 11 heteroatoms. The maximum atomic E-state index is 14.1. The van der Waals surface area contributed by atoms with Crippen LogP contribution in [-0.4, -0.2) is 60.1 Å². The molecular weight excluding hydrogens is 546 g/mol. The Morgan fingerprint density at radius 1 is 1.00 bits per heavy atom. The fourth-order valence-electron chi connectivity index (χ4n) is 4.88. The number of hydrogen-bond donors (Lipinski definition) is 5. The zero-order chi connectivity index (χ0) is 30.8. The van der Waals surface area contributed by atoms with Gasteiger partial charge in [-0.25, -0.2) is 8.78 Å². The van der Waals surface area contributed by atoms with Gasteiger partial charge in [-0.2, -0.15) is 0 Å². The van der Waals surface area contributed by atoms with Gasteiger partial charge in [-0.1, -0.05) is 45.4 Å². The fourth-order valence-corrected chi connectivity index (χ4v) is 4.88. The Labute approximate surface area is 245 Å². The van der Waals surface area contributed by atoms with E-state index in [1.165, 1.54) is 0 Å². The molecule has 0 aliphatic carbocycles. The number of aryl methyl sites for hydroxylation is 1. The lowest BCUT2D eigenvalue weighted by Gasteiger charge is -2.29. The fraction of sp³-hybridized carbons (Fsp3) is 0.516. The molecule has 3 amide bonds. The summed E-state index contributed by atoms with van der Waals surface area (Å²) in [6.07, 6.45) is 2.27. The predicted octanol–water partition coefficient (Wildman–Crippen LogP) is 3.13. The molecule has 4 atom stereocenters. The predicted molar refractivity (Wildman–Crippen MR) is 155 cm³/mol. The Morgan fingerprint density at radius 2 is 1.69 bits per heavy atom. The summed E-state index contributed by atoms with van der Waals surface area (Å²) in [5.41, 5.74) is 1.10. The normalized spacial score (nSPS) is 23.1. The highest BCUT2D eigenvalue weighted by molar-refractivity contribution is 5.93. The van der Waals surface area contributed by atoms with Crippen LogP contribution in [0, 0.1) is 17.6 Å². The van der Waals surface area contributed by atoms with Gasteiger partial charge in [0.2, 0.25) is 17.7 Å². The average Bonchev–Trinajstić information content (AvgIpc) is 2.94. The van der Waals surface area contributed by atoms with Gasteiger partial charge in [0.25, 0.3) is 0 Å². The van der Waals surface area contributed by atoms with Crippen LogP contribution in [0.3, 0.4) is 0 Å². The van der Waals surface area contributed by atoms with E-state index in [1.54, 1.807) is 13.8 Å². The topological polar surface area (TPSA) is 129 Å². The number of amides is 3. The molecule has 3 rings (SSSR count). The minimum atomic E-state index is -1.14. The second-order valence-corrected chi connectivity index (χ2v) is 11.1. The van der Waals surface area contributed by atoms with Gasteiger partial charge in [-0.15, -0.1) is 0 Å². The Hall–Kier alpha value is -3.73. The van der Waals surface area contributed by atoms with Crippen LogP contribution in [0.4, 0.5) is 8.78 Å². The maximum Gasteiger partial charge on any atom is 0.243 e. The standard InChI is InChI=1S/C31H42F2N4O5/c1-5-9-24-29(39)34-13-8-11-21-10-6-7-12-26(21)42-17-19(4)35-25(16-20-14-22(32)28(38)23(33)15-20)30(40)37-27(18(2)3)31(41)36-24/h6-7,10,12,14-15,18-19,24-25,27,35,38H,5,8-9,11,13,16-17H2,1-4H3,(H,34,39)(H,36,41)(H,37,40)/t19-,24-,25+,27+/m0/s1. The summed E-state index contributed by atoms with van der Waals surface area (Å²) in [5, 5.41) is 21.2. The molecule has 0 spiro atoms. The molecule has 9 nitrogen and oxygen atoms in total. The van der Waals surface area contributed by atoms with E-state index in [2.05, 4.69) is 21.3 Å². The van der Waals surface area contributed by atoms with Crippen molar-refractivity contribution in [2.45, 2.75) is 84.0 Å². The first-order valence-corrected chi connectivity index (χ1v) is 14.5. The third-order valence-electron chi connectivity index (χ3n) is 7.16. The van der Waals surface area contributed by atoms with E-state index in [4.69, 9.17) is 4.74 Å². The van der Waals surface area contributed by atoms with Crippen molar-refractivity contribution in [2.24, 2.45) is 5.92 Å². The second-order valence-electron chi connectivity index (χ2n) is 11.1. The van der Waals surface area contributed by atoms with E-state index in [-0.39, 0.29) is 36.5 Å². The molecule has 0 bridgehead atoms. The third kappa shape index (κ3) is 9.14. The Balaban J connectivity index is 1.93. The van der Waals surface area contributed by atoms with E-state index < -0.39 is 47.3 Å². The van der Waals surface area contributed by atoms with Crippen molar-refractivity contribution in [3.05, 3.63) is 59.2 Å². The summed E-state index contributed by atoms with van der Waals surface area (Å²) < 4.78 is 34.3. The quantitative estimate of drug-likeness (QED) is 0.365. The van der Waals surface area contributed by atoms with Crippen molar-refractivity contribution in [3.63, 3.8) is 0 Å². The molecule has 0 aromatic heterocycles. The molecule has 2 aromatic rings. The molecule has 0 saturated heterocycles. The number of hydrogen-bond acceptors (Lipinski definition) is 6. The number of benzene rings is 2. The van der Waals surface area contributed by atoms with Crippen LogP contribution in [0.25, 0.3) is 0 Å². The average molecular weight is 589 g/mol. The van der Waals surface area contributed by atoms with E-state index in [0.717, 1.165) is 17.7 Å². The molecule has 1 heterocycles. The molecule has 42 heavy (non-hydrogen) atoms. The van der Waals surface area contributed by atoms with Crippen LogP contribution in [-0.2, 0) is 27.2 Å². The van der Waals surface area contributed by atoms with Crippen molar-refractivity contribution in [2.75, 3.05) is 13.2 Å². The Bertz CT molecular complexity index is 1220. The van der Waals surface area contributed by atoms with Gasteiger partial charge in [0.05, 0.1) is 6.04 Å². The van der Waals surface area contributed by atoms with Crippen LogP contribution in [0.2, 0.25) is 0 Å². The molecule has 1 aliphatic heterocycles. The van der Waals surface area contributed by atoms with E-state index in [9.17, 15) is 28.3 Å². The maximum absolute atomic E-state index is 14.1. The highest BCUT2D eigenvalue weighted by Crippen LogP contribution is 2.23. The SMILES string of the molecule is CCC[C@@H]1NC(=O)[C@@H](C(C)C)NC(=O)[C@@H](Cc2cc(F)c(O)c(F)c2)N[C@@H](C)COc2ccccc2CCCNC1=O. The highest BCUT2D eigenvalue weighted by atomic mass is 19.1. The van der Waals surface area contributed by atoms with E-state index in [1.807, 2.05) is 38.1 Å². The molecule has 0 saturated carbocycles. The summed E-state index contributed by atoms with van der Waals surface area (Å²) in [7, 11) is 0. The number of carbonyl (C=O) groups is 3. The molecule has 0 radical (unpaired) electrons. The van der Waals surface area contributed by atoms with Gasteiger partial charge in [-0.05, 0) is 67.9 Å². The van der Waals surface area contributed by atoms with Crippen molar-refractivity contribution < 1.29 is 33.0 Å². The van der Waals surface area contributed by atoms with Crippen molar-refractivity contribution in [1.82, 2.24) is 21.3 Å². The van der Waals surface area contributed by atoms with Gasteiger partial charge in [0.1, 0.15) is 24.4 Å². The number of nitrogens with one attached hydrogen (secondary N) is 4. The number of fused-ring (bicyclic) bond motifs is 1. The molecule has 0 fully saturated rings.